The Hall–Kier alpha value is -1.90. The Balaban J connectivity index is 2.15. The number of hydrogen-bond donors (Lipinski definition) is 2. The molecule has 0 bridgehead atoms. The summed E-state index contributed by atoms with van der Waals surface area (Å²) < 4.78 is 5.37. The molecule has 0 saturated carbocycles. The fourth-order valence-electron chi connectivity index (χ4n) is 2.81. The quantitative estimate of drug-likeness (QED) is 0.541. The van der Waals surface area contributed by atoms with E-state index in [-0.39, 0.29) is 5.91 Å². The van der Waals surface area contributed by atoms with Crippen molar-refractivity contribution in [3.63, 3.8) is 0 Å². The predicted molar refractivity (Wildman–Crippen MR) is 119 cm³/mol. The number of hydrogen-bond acceptors (Lipinski definition) is 6. The van der Waals surface area contributed by atoms with Gasteiger partial charge in [0.1, 0.15) is 11.6 Å². The second kappa shape index (κ2) is 11.3. The van der Waals surface area contributed by atoms with Gasteiger partial charge < -0.3 is 20.7 Å². The van der Waals surface area contributed by atoms with Crippen LogP contribution in [0.3, 0.4) is 0 Å². The molecule has 6 nitrogen and oxygen atoms in total. The van der Waals surface area contributed by atoms with Crippen LogP contribution in [0.1, 0.15) is 49.8 Å². The summed E-state index contributed by atoms with van der Waals surface area (Å²) in [7, 11) is 0. The molecule has 1 unspecified atom stereocenters. The number of unbranched alkanes of at least 4 members (excludes halogenated alkanes) is 1. The van der Waals surface area contributed by atoms with Crippen LogP contribution < -0.4 is 11.1 Å². The van der Waals surface area contributed by atoms with Crippen LogP contribution in [0.2, 0.25) is 0 Å². The van der Waals surface area contributed by atoms with Gasteiger partial charge >= 0.3 is 6.09 Å². The molecule has 0 aromatic carbocycles. The second-order valence-corrected chi connectivity index (χ2v) is 9.90. The van der Waals surface area contributed by atoms with Gasteiger partial charge in [-0.1, -0.05) is 12.1 Å². The van der Waals surface area contributed by atoms with E-state index in [2.05, 4.69) is 5.32 Å². The fraction of sp³-hybridized carbons (Fsp3) is 0.524. The van der Waals surface area contributed by atoms with Gasteiger partial charge in [0.15, 0.2) is 0 Å². The number of thiophene rings is 2. The third-order valence-electron chi connectivity index (χ3n) is 4.10. The zero-order chi connectivity index (χ0) is 21.3. The summed E-state index contributed by atoms with van der Waals surface area (Å²) >= 11 is 3.23. The highest BCUT2D eigenvalue weighted by atomic mass is 32.1. The van der Waals surface area contributed by atoms with Crippen molar-refractivity contribution in [3.8, 4) is 0 Å². The molecule has 0 fully saturated rings. The van der Waals surface area contributed by atoms with Crippen molar-refractivity contribution in [1.29, 1.82) is 0 Å². The van der Waals surface area contributed by atoms with E-state index in [0.29, 0.717) is 26.1 Å². The number of carbonyl (C=O) groups is 2. The molecular formula is C21H31N3O3S2. The summed E-state index contributed by atoms with van der Waals surface area (Å²) in [5.74, 6) is -0.102. The summed E-state index contributed by atoms with van der Waals surface area (Å²) in [5, 5.41) is 6.79. The highest BCUT2D eigenvalue weighted by molar-refractivity contribution is 7.10. The minimum Gasteiger partial charge on any atom is -0.444 e. The average Bonchev–Trinajstić information content (AvgIpc) is 3.32. The first kappa shape index (κ1) is 23.4. The van der Waals surface area contributed by atoms with Crippen LogP contribution in [0.15, 0.2) is 35.0 Å². The van der Waals surface area contributed by atoms with Crippen molar-refractivity contribution in [2.75, 3.05) is 6.54 Å². The maximum Gasteiger partial charge on any atom is 0.408 e. The van der Waals surface area contributed by atoms with Crippen LogP contribution >= 0.6 is 22.7 Å². The SMILES string of the molecule is CC(C)(C)OC(=O)NC(CCCCN)C(=O)N(Cc1cccs1)Cc1cccs1. The van der Waals surface area contributed by atoms with E-state index in [1.54, 1.807) is 43.4 Å². The van der Waals surface area contributed by atoms with Gasteiger partial charge in [-0.2, -0.15) is 0 Å². The number of nitrogens with two attached hydrogens (primary N) is 1. The normalized spacial score (nSPS) is 12.4. The molecule has 0 saturated heterocycles. The zero-order valence-electron chi connectivity index (χ0n) is 17.3. The van der Waals surface area contributed by atoms with Crippen molar-refractivity contribution in [2.24, 2.45) is 5.73 Å². The maximum absolute atomic E-state index is 13.4. The van der Waals surface area contributed by atoms with Gasteiger partial charge in [-0.3, -0.25) is 4.79 Å². The second-order valence-electron chi connectivity index (χ2n) is 7.84. The molecule has 2 aromatic rings. The highest BCUT2D eigenvalue weighted by Crippen LogP contribution is 2.19. The van der Waals surface area contributed by atoms with Crippen LogP contribution in [0.4, 0.5) is 4.79 Å². The first-order valence-electron chi connectivity index (χ1n) is 9.81. The monoisotopic (exact) mass is 437 g/mol. The van der Waals surface area contributed by atoms with Crippen LogP contribution in [0, 0.1) is 0 Å². The average molecular weight is 438 g/mol. The molecule has 29 heavy (non-hydrogen) atoms. The summed E-state index contributed by atoms with van der Waals surface area (Å²) in [5.41, 5.74) is 4.99. The molecule has 0 aliphatic heterocycles. The van der Waals surface area contributed by atoms with Crippen LogP contribution in [-0.4, -0.2) is 35.1 Å². The summed E-state index contributed by atoms with van der Waals surface area (Å²) in [6, 6.07) is 7.35. The van der Waals surface area contributed by atoms with Gasteiger partial charge in [-0.25, -0.2) is 4.79 Å². The van der Waals surface area contributed by atoms with E-state index in [0.717, 1.165) is 22.6 Å². The van der Waals surface area contributed by atoms with Crippen LogP contribution in [0.5, 0.6) is 0 Å². The third kappa shape index (κ3) is 8.55. The number of nitrogens with one attached hydrogen (secondary N) is 1. The molecule has 0 aliphatic rings. The summed E-state index contributed by atoms with van der Waals surface area (Å²) in [6.45, 7) is 6.99. The Bertz CT molecular complexity index is 704. The first-order chi connectivity index (χ1) is 13.8. The van der Waals surface area contributed by atoms with Gasteiger partial charge in [-0.05, 0) is 69.5 Å². The van der Waals surface area contributed by atoms with Gasteiger partial charge in [0, 0.05) is 9.75 Å². The molecule has 0 radical (unpaired) electrons. The molecule has 3 N–H and O–H groups in total. The topological polar surface area (TPSA) is 84.7 Å². The molecule has 0 spiro atoms. The molecule has 160 valence electrons. The van der Waals surface area contributed by atoms with Gasteiger partial charge in [-0.15, -0.1) is 22.7 Å². The van der Waals surface area contributed by atoms with Gasteiger partial charge in [0.05, 0.1) is 13.1 Å². The lowest BCUT2D eigenvalue weighted by molar-refractivity contribution is -0.134. The lowest BCUT2D eigenvalue weighted by Gasteiger charge is -2.28. The van der Waals surface area contributed by atoms with Crippen molar-refractivity contribution in [3.05, 3.63) is 44.8 Å². The Morgan fingerprint density at radius 2 is 1.69 bits per heavy atom. The van der Waals surface area contributed by atoms with E-state index in [1.807, 2.05) is 39.9 Å². The third-order valence-corrected chi connectivity index (χ3v) is 5.82. The summed E-state index contributed by atoms with van der Waals surface area (Å²) in [4.78, 5) is 29.8. The fourth-order valence-corrected chi connectivity index (χ4v) is 4.25. The molecule has 2 aromatic heterocycles. The number of nitrogens with zero attached hydrogens (tertiary/aromatic N) is 1. The van der Waals surface area contributed by atoms with Gasteiger partial charge in [0.2, 0.25) is 5.91 Å². The number of ether oxygens (including phenoxy) is 1. The van der Waals surface area contributed by atoms with E-state index >= 15 is 0 Å². The maximum atomic E-state index is 13.4. The Kier molecular flexibility index (Phi) is 9.13. The minimum atomic E-state index is -0.642. The van der Waals surface area contributed by atoms with Crippen molar-refractivity contribution >= 4 is 34.7 Å². The van der Waals surface area contributed by atoms with Crippen molar-refractivity contribution < 1.29 is 14.3 Å². The molecule has 2 heterocycles. The minimum absolute atomic E-state index is 0.102. The number of amides is 2. The molecule has 0 aliphatic carbocycles. The van der Waals surface area contributed by atoms with E-state index in [1.165, 1.54) is 0 Å². The first-order valence-corrected chi connectivity index (χ1v) is 11.6. The summed E-state index contributed by atoms with van der Waals surface area (Å²) in [6.07, 6.45) is 1.51. The zero-order valence-corrected chi connectivity index (χ0v) is 19.0. The standard InChI is InChI=1S/C21H31N3O3S2/c1-21(2,3)27-20(26)23-18(10-4-5-11-22)19(25)24(14-16-8-6-12-28-16)15-17-9-7-13-29-17/h6-9,12-13,18H,4-5,10-11,14-15,22H2,1-3H3,(H,23,26). The lowest BCUT2D eigenvalue weighted by atomic mass is 10.1. The number of rotatable bonds is 10. The Morgan fingerprint density at radius 1 is 1.10 bits per heavy atom. The van der Waals surface area contributed by atoms with Crippen LogP contribution in [0.25, 0.3) is 0 Å². The van der Waals surface area contributed by atoms with Crippen molar-refractivity contribution in [2.45, 2.75) is 64.8 Å². The molecule has 2 rings (SSSR count). The lowest BCUT2D eigenvalue weighted by Crippen LogP contribution is -2.49. The smallest absolute Gasteiger partial charge is 0.408 e. The van der Waals surface area contributed by atoms with E-state index in [4.69, 9.17) is 10.5 Å². The molecule has 2 amide bonds. The number of alkyl carbamates (subject to hydrolysis) is 1. The predicted octanol–water partition coefficient (Wildman–Crippen LogP) is 4.36. The Morgan fingerprint density at radius 3 is 2.14 bits per heavy atom. The van der Waals surface area contributed by atoms with E-state index in [9.17, 15) is 9.59 Å². The molecule has 8 heteroatoms. The highest BCUT2D eigenvalue weighted by Gasteiger charge is 2.28. The largest absolute Gasteiger partial charge is 0.444 e. The van der Waals surface area contributed by atoms with E-state index < -0.39 is 17.7 Å². The molecular weight excluding hydrogens is 406 g/mol. The van der Waals surface area contributed by atoms with Crippen molar-refractivity contribution in [1.82, 2.24) is 10.2 Å². The Labute approximate surface area is 181 Å². The van der Waals surface area contributed by atoms with Gasteiger partial charge in [0.25, 0.3) is 0 Å². The van der Waals surface area contributed by atoms with Crippen LogP contribution in [-0.2, 0) is 22.6 Å². The molecule has 1 atom stereocenters. The number of carbonyl (C=O) groups excluding carboxylic acids is 2.